The highest BCUT2D eigenvalue weighted by Gasteiger charge is 2.19. The van der Waals surface area contributed by atoms with E-state index in [1.165, 1.54) is 29.5 Å². The molecule has 0 unspecified atom stereocenters. The van der Waals surface area contributed by atoms with Crippen molar-refractivity contribution in [3.8, 4) is 0 Å². The van der Waals surface area contributed by atoms with Crippen molar-refractivity contribution in [3.63, 3.8) is 0 Å². The Hall–Kier alpha value is -1.33. The smallest absolute Gasteiger partial charge is 0.350 e. The van der Waals surface area contributed by atoms with E-state index in [0.717, 1.165) is 10.1 Å². The highest BCUT2D eigenvalue weighted by molar-refractivity contribution is 7.21. The molecule has 0 amide bonds. The van der Waals surface area contributed by atoms with E-state index in [2.05, 4.69) is 0 Å². The zero-order valence-electron chi connectivity index (χ0n) is 11.4. The lowest BCUT2D eigenvalue weighted by Gasteiger charge is -2.06. The van der Waals surface area contributed by atoms with Gasteiger partial charge >= 0.3 is 5.97 Å². The van der Waals surface area contributed by atoms with Gasteiger partial charge in [0.1, 0.15) is 17.3 Å². The van der Waals surface area contributed by atoms with Crippen LogP contribution in [0.2, 0.25) is 15.1 Å². The first-order valence-corrected chi connectivity index (χ1v) is 8.40. The molecule has 0 fully saturated rings. The summed E-state index contributed by atoms with van der Waals surface area (Å²) in [7, 11) is 0. The van der Waals surface area contributed by atoms with Crippen LogP contribution in [0.1, 0.15) is 15.2 Å². The maximum absolute atomic E-state index is 13.7. The van der Waals surface area contributed by atoms with Crippen LogP contribution in [0.3, 0.4) is 0 Å². The van der Waals surface area contributed by atoms with Crippen LogP contribution < -0.4 is 0 Å². The first-order chi connectivity index (χ1) is 11.0. The summed E-state index contributed by atoms with van der Waals surface area (Å²) in [6, 6.07) is 9.41. The van der Waals surface area contributed by atoms with Gasteiger partial charge in [0.05, 0.1) is 10.0 Å². The van der Waals surface area contributed by atoms with Gasteiger partial charge in [0.25, 0.3) is 0 Å². The van der Waals surface area contributed by atoms with Crippen LogP contribution in [0, 0.1) is 5.82 Å². The molecular formula is C16H8Cl3FO2S. The molecule has 3 aromatic rings. The van der Waals surface area contributed by atoms with Crippen molar-refractivity contribution < 1.29 is 13.9 Å². The Morgan fingerprint density at radius 1 is 1.17 bits per heavy atom. The van der Waals surface area contributed by atoms with Gasteiger partial charge in [-0.3, -0.25) is 0 Å². The topological polar surface area (TPSA) is 26.3 Å². The Labute approximate surface area is 150 Å². The van der Waals surface area contributed by atoms with Crippen molar-refractivity contribution >= 4 is 62.2 Å². The molecule has 0 aliphatic rings. The van der Waals surface area contributed by atoms with Gasteiger partial charge < -0.3 is 4.74 Å². The van der Waals surface area contributed by atoms with E-state index in [1.807, 2.05) is 0 Å². The van der Waals surface area contributed by atoms with Crippen molar-refractivity contribution in [2.45, 2.75) is 6.61 Å². The molecule has 0 N–H and O–H groups in total. The first kappa shape index (κ1) is 16.5. The highest BCUT2D eigenvalue weighted by atomic mass is 35.5. The average Bonchev–Trinajstić information content (AvgIpc) is 2.83. The molecule has 2 aromatic carbocycles. The minimum Gasteiger partial charge on any atom is -0.456 e. The van der Waals surface area contributed by atoms with E-state index in [1.54, 1.807) is 18.2 Å². The third kappa shape index (κ3) is 3.31. The summed E-state index contributed by atoms with van der Waals surface area (Å²) in [5.74, 6) is -1.16. The minimum atomic E-state index is -0.633. The van der Waals surface area contributed by atoms with Crippen LogP contribution in [0.4, 0.5) is 4.39 Å². The van der Waals surface area contributed by atoms with Crippen molar-refractivity contribution in [1.29, 1.82) is 0 Å². The molecule has 0 bridgehead atoms. The van der Waals surface area contributed by atoms with Gasteiger partial charge in [-0.15, -0.1) is 11.3 Å². The van der Waals surface area contributed by atoms with Crippen LogP contribution in [0.5, 0.6) is 0 Å². The summed E-state index contributed by atoms with van der Waals surface area (Å²) in [5, 5.41) is 1.77. The average molecular weight is 390 g/mol. The van der Waals surface area contributed by atoms with E-state index in [4.69, 9.17) is 39.5 Å². The predicted octanol–water partition coefficient (Wildman–Crippen LogP) is 6.36. The molecule has 0 saturated heterocycles. The zero-order valence-corrected chi connectivity index (χ0v) is 14.5. The Morgan fingerprint density at radius 2 is 1.96 bits per heavy atom. The zero-order chi connectivity index (χ0) is 16.6. The van der Waals surface area contributed by atoms with Crippen molar-refractivity contribution in [2.75, 3.05) is 0 Å². The number of hydrogen-bond donors (Lipinski definition) is 0. The molecule has 1 aromatic heterocycles. The molecule has 3 rings (SSSR count). The number of benzene rings is 2. The third-order valence-electron chi connectivity index (χ3n) is 3.19. The molecule has 7 heteroatoms. The second kappa shape index (κ2) is 6.65. The quantitative estimate of drug-likeness (QED) is 0.487. The Balaban J connectivity index is 1.85. The van der Waals surface area contributed by atoms with Crippen molar-refractivity contribution in [2.24, 2.45) is 0 Å². The summed E-state index contributed by atoms with van der Waals surface area (Å²) in [4.78, 5) is 12.5. The van der Waals surface area contributed by atoms with E-state index in [9.17, 15) is 9.18 Å². The second-order valence-corrected chi connectivity index (χ2v) is 6.94. The third-order valence-corrected chi connectivity index (χ3v) is 5.41. The van der Waals surface area contributed by atoms with Crippen LogP contribution in [-0.2, 0) is 11.3 Å². The van der Waals surface area contributed by atoms with Gasteiger partial charge in [-0.1, -0.05) is 46.9 Å². The normalized spacial score (nSPS) is 11.0. The maximum Gasteiger partial charge on any atom is 0.350 e. The molecule has 2 nitrogen and oxygen atoms in total. The first-order valence-electron chi connectivity index (χ1n) is 6.45. The lowest BCUT2D eigenvalue weighted by atomic mass is 10.2. The van der Waals surface area contributed by atoms with Gasteiger partial charge in [0.2, 0.25) is 0 Å². The summed E-state index contributed by atoms with van der Waals surface area (Å²) >= 11 is 19.2. The van der Waals surface area contributed by atoms with Gasteiger partial charge in [-0.25, -0.2) is 9.18 Å². The fraction of sp³-hybridized carbons (Fsp3) is 0.0625. The van der Waals surface area contributed by atoms with Crippen LogP contribution >= 0.6 is 46.1 Å². The molecule has 0 spiro atoms. The van der Waals surface area contributed by atoms with Crippen molar-refractivity contribution in [3.05, 3.63) is 67.7 Å². The lowest BCUT2D eigenvalue weighted by molar-refractivity contribution is 0.0475. The van der Waals surface area contributed by atoms with Gasteiger partial charge in [-0.05, 0) is 24.3 Å². The number of carbonyl (C=O) groups excluding carboxylic acids is 1. The number of ether oxygens (including phenoxy) is 1. The summed E-state index contributed by atoms with van der Waals surface area (Å²) < 4.78 is 19.6. The van der Waals surface area contributed by atoms with Gasteiger partial charge in [-0.2, -0.15) is 0 Å². The number of esters is 1. The van der Waals surface area contributed by atoms with Crippen molar-refractivity contribution in [1.82, 2.24) is 0 Å². The standard InChI is InChI=1S/C16H8Cl3FO2S/c17-8-4-5-9-13(6-8)23-15(14(9)19)16(21)22-7-10-11(18)2-1-3-12(10)20/h1-6H,7H2. The van der Waals surface area contributed by atoms with Crippen LogP contribution in [-0.4, -0.2) is 5.97 Å². The number of rotatable bonds is 3. The predicted molar refractivity (Wildman–Crippen MR) is 92.4 cm³/mol. The fourth-order valence-electron chi connectivity index (χ4n) is 2.04. The molecule has 0 saturated carbocycles. The molecule has 0 aliphatic carbocycles. The second-order valence-electron chi connectivity index (χ2n) is 4.66. The SMILES string of the molecule is O=C(OCc1c(F)cccc1Cl)c1sc2cc(Cl)ccc2c1Cl. The van der Waals surface area contributed by atoms with E-state index >= 15 is 0 Å². The molecule has 0 aliphatic heterocycles. The molecule has 118 valence electrons. The maximum atomic E-state index is 13.7. The minimum absolute atomic E-state index is 0.128. The Kier molecular flexibility index (Phi) is 4.78. The van der Waals surface area contributed by atoms with Crippen LogP contribution in [0.15, 0.2) is 36.4 Å². The molecule has 0 atom stereocenters. The van der Waals surface area contributed by atoms with Crippen LogP contribution in [0.25, 0.3) is 10.1 Å². The van der Waals surface area contributed by atoms with E-state index in [0.29, 0.717) is 10.0 Å². The molecule has 1 heterocycles. The number of fused-ring (bicyclic) bond motifs is 1. The lowest BCUT2D eigenvalue weighted by Crippen LogP contribution is -2.05. The fourth-order valence-corrected chi connectivity index (χ4v) is 3.94. The van der Waals surface area contributed by atoms with Gasteiger partial charge in [0, 0.05) is 20.7 Å². The Morgan fingerprint density at radius 3 is 2.70 bits per heavy atom. The number of hydrogen-bond acceptors (Lipinski definition) is 3. The number of halogens is 4. The molecule has 0 radical (unpaired) electrons. The summed E-state index contributed by atoms with van der Waals surface area (Å²) in [6.45, 7) is -0.268. The van der Waals surface area contributed by atoms with E-state index in [-0.39, 0.29) is 22.1 Å². The number of carbonyl (C=O) groups is 1. The molecular weight excluding hydrogens is 382 g/mol. The highest BCUT2D eigenvalue weighted by Crippen LogP contribution is 2.37. The number of thiophene rings is 1. The summed E-state index contributed by atoms with van der Waals surface area (Å²) in [6.07, 6.45) is 0. The Bertz CT molecular complexity index is 887. The summed E-state index contributed by atoms with van der Waals surface area (Å²) in [5.41, 5.74) is 0.128. The molecule has 23 heavy (non-hydrogen) atoms. The largest absolute Gasteiger partial charge is 0.456 e. The van der Waals surface area contributed by atoms with Gasteiger partial charge in [0.15, 0.2) is 0 Å². The van der Waals surface area contributed by atoms with E-state index < -0.39 is 11.8 Å². The monoisotopic (exact) mass is 388 g/mol.